The lowest BCUT2D eigenvalue weighted by molar-refractivity contribution is -0.134. The molecule has 32 heavy (non-hydrogen) atoms. The molecule has 0 radical (unpaired) electrons. The molecule has 10 nitrogen and oxygen atoms in total. The summed E-state index contributed by atoms with van der Waals surface area (Å²) < 4.78 is 32.2. The number of carbonyl (C=O) groups is 2. The third kappa shape index (κ3) is 4.84. The predicted molar refractivity (Wildman–Crippen MR) is 119 cm³/mol. The van der Waals surface area contributed by atoms with E-state index >= 15 is 0 Å². The average molecular weight is 469 g/mol. The molecular formula is C21H32N4O6S. The Kier molecular flexibility index (Phi) is 7.96. The number of nitrogens with zero attached hydrogens (tertiary/aromatic N) is 3. The van der Waals surface area contributed by atoms with E-state index in [9.17, 15) is 23.2 Å². The summed E-state index contributed by atoms with van der Waals surface area (Å²) in [6.07, 6.45) is 2.61. The summed E-state index contributed by atoms with van der Waals surface area (Å²) in [6.45, 7) is 4.49. The van der Waals surface area contributed by atoms with E-state index in [1.165, 1.54) is 14.7 Å². The van der Waals surface area contributed by atoms with Gasteiger partial charge in [0.05, 0.1) is 6.61 Å². The van der Waals surface area contributed by atoms with Crippen molar-refractivity contribution in [2.45, 2.75) is 37.4 Å². The van der Waals surface area contributed by atoms with Gasteiger partial charge in [0.1, 0.15) is 5.75 Å². The van der Waals surface area contributed by atoms with Crippen molar-refractivity contribution in [1.82, 2.24) is 14.7 Å². The number of amides is 2. The van der Waals surface area contributed by atoms with Gasteiger partial charge in [-0.25, -0.2) is 13.9 Å². The number of hydrogen-bond acceptors (Lipinski definition) is 7. The molecule has 3 rings (SSSR count). The molecule has 2 amide bonds. The number of hydrogen-bond donors (Lipinski definition) is 2. The molecule has 0 bridgehead atoms. The number of ether oxygens (including phenoxy) is 1. The number of piperidine rings is 1. The van der Waals surface area contributed by atoms with Crippen molar-refractivity contribution < 1.29 is 28.0 Å². The topological polar surface area (TPSA) is 119 Å². The SMILES string of the molecule is CCCCOc1ccc(N2CCN(S(=O)(=O)C3(C(=O)NO)CCN(C=O)CC3)CC2)cc1. The highest BCUT2D eigenvalue weighted by Crippen LogP contribution is 2.34. The van der Waals surface area contributed by atoms with Crippen LogP contribution in [0.3, 0.4) is 0 Å². The number of benzene rings is 1. The van der Waals surface area contributed by atoms with Crippen molar-refractivity contribution >= 4 is 28.0 Å². The van der Waals surface area contributed by atoms with Crippen molar-refractivity contribution in [2.24, 2.45) is 0 Å². The molecule has 2 N–H and O–H groups in total. The first-order valence-electron chi connectivity index (χ1n) is 11.0. The highest BCUT2D eigenvalue weighted by Gasteiger charge is 2.55. The summed E-state index contributed by atoms with van der Waals surface area (Å²) >= 11 is 0. The van der Waals surface area contributed by atoms with Crippen LogP contribution in [-0.4, -0.2) is 85.8 Å². The average Bonchev–Trinajstić information content (AvgIpc) is 2.84. The van der Waals surface area contributed by atoms with Crippen LogP contribution < -0.4 is 15.1 Å². The molecular weight excluding hydrogens is 436 g/mol. The van der Waals surface area contributed by atoms with E-state index in [2.05, 4.69) is 11.8 Å². The number of sulfonamides is 1. The van der Waals surface area contributed by atoms with Crippen LogP contribution in [0.4, 0.5) is 5.69 Å². The quantitative estimate of drug-likeness (QED) is 0.238. The third-order valence-electron chi connectivity index (χ3n) is 6.31. The van der Waals surface area contributed by atoms with Crippen LogP contribution in [0.5, 0.6) is 5.75 Å². The Morgan fingerprint density at radius 3 is 2.28 bits per heavy atom. The summed E-state index contributed by atoms with van der Waals surface area (Å²) in [4.78, 5) is 27.0. The van der Waals surface area contributed by atoms with Gasteiger partial charge in [-0.05, 0) is 43.5 Å². The zero-order valence-electron chi connectivity index (χ0n) is 18.4. The maximum atomic E-state index is 13.5. The number of piperazine rings is 1. The number of hydroxylamine groups is 1. The van der Waals surface area contributed by atoms with Crippen molar-refractivity contribution in [3.05, 3.63) is 24.3 Å². The summed E-state index contributed by atoms with van der Waals surface area (Å²) in [5.41, 5.74) is 2.52. The normalized spacial score (nSPS) is 19.4. The van der Waals surface area contributed by atoms with Crippen LogP contribution in [0, 0.1) is 0 Å². The van der Waals surface area contributed by atoms with Gasteiger partial charge in [0.15, 0.2) is 4.75 Å². The zero-order valence-corrected chi connectivity index (χ0v) is 19.2. The molecule has 0 atom stereocenters. The fourth-order valence-electron chi connectivity index (χ4n) is 4.22. The number of rotatable bonds is 9. The standard InChI is InChI=1S/C21H32N4O6S/c1-2-3-16-31-19-6-4-18(5-7-19)24-12-14-25(15-13-24)32(29,30)21(20(27)22-28)8-10-23(17-26)11-9-21/h4-7,17,28H,2-3,8-16H2,1H3,(H,22,27). The third-order valence-corrected chi connectivity index (χ3v) is 8.94. The van der Waals surface area contributed by atoms with Gasteiger partial charge in [0.2, 0.25) is 16.4 Å². The Bertz CT molecular complexity index is 876. The fourth-order valence-corrected chi connectivity index (χ4v) is 6.33. The first kappa shape index (κ1) is 24.3. The predicted octanol–water partition coefficient (Wildman–Crippen LogP) is 0.814. The Hall–Kier alpha value is -2.37. The van der Waals surface area contributed by atoms with E-state index in [0.717, 1.165) is 24.3 Å². The summed E-state index contributed by atoms with van der Waals surface area (Å²) in [6, 6.07) is 7.74. The first-order valence-corrected chi connectivity index (χ1v) is 12.4. The highest BCUT2D eigenvalue weighted by atomic mass is 32.2. The summed E-state index contributed by atoms with van der Waals surface area (Å²) in [7, 11) is -4.04. The zero-order chi connectivity index (χ0) is 23.2. The lowest BCUT2D eigenvalue weighted by Crippen LogP contribution is -2.63. The monoisotopic (exact) mass is 468 g/mol. The van der Waals surface area contributed by atoms with Crippen LogP contribution in [0.15, 0.2) is 24.3 Å². The Balaban J connectivity index is 1.66. The smallest absolute Gasteiger partial charge is 0.266 e. The van der Waals surface area contributed by atoms with Crippen LogP contribution in [-0.2, 0) is 19.6 Å². The fraction of sp³-hybridized carbons (Fsp3) is 0.619. The van der Waals surface area contributed by atoms with E-state index < -0.39 is 20.7 Å². The van der Waals surface area contributed by atoms with Gasteiger partial charge < -0.3 is 14.5 Å². The maximum absolute atomic E-state index is 13.5. The van der Waals surface area contributed by atoms with Gasteiger partial charge in [0, 0.05) is 45.0 Å². The Morgan fingerprint density at radius 1 is 1.12 bits per heavy atom. The lowest BCUT2D eigenvalue weighted by Gasteiger charge is -2.43. The molecule has 1 aromatic carbocycles. The Morgan fingerprint density at radius 2 is 1.75 bits per heavy atom. The molecule has 11 heteroatoms. The largest absolute Gasteiger partial charge is 0.494 e. The van der Waals surface area contributed by atoms with Crippen LogP contribution in [0.1, 0.15) is 32.6 Å². The molecule has 1 aromatic rings. The second kappa shape index (κ2) is 10.5. The summed E-state index contributed by atoms with van der Waals surface area (Å²) in [5, 5.41) is 9.23. The highest BCUT2D eigenvalue weighted by molar-refractivity contribution is 7.91. The molecule has 2 aliphatic rings. The van der Waals surface area contributed by atoms with E-state index in [1.54, 1.807) is 0 Å². The maximum Gasteiger partial charge on any atom is 0.266 e. The number of likely N-dealkylation sites (tertiary alicyclic amines) is 1. The van der Waals surface area contributed by atoms with Gasteiger partial charge >= 0.3 is 0 Å². The van der Waals surface area contributed by atoms with Gasteiger partial charge in [-0.2, -0.15) is 4.31 Å². The van der Waals surface area contributed by atoms with E-state index in [0.29, 0.717) is 26.1 Å². The molecule has 178 valence electrons. The number of anilines is 1. The van der Waals surface area contributed by atoms with Crippen molar-refractivity contribution in [1.29, 1.82) is 0 Å². The van der Waals surface area contributed by atoms with Crippen LogP contribution in [0.2, 0.25) is 0 Å². The molecule has 0 aliphatic carbocycles. The molecule has 2 fully saturated rings. The second-order valence-corrected chi connectivity index (χ2v) is 10.4. The van der Waals surface area contributed by atoms with Gasteiger partial charge in [-0.3, -0.25) is 14.8 Å². The first-order chi connectivity index (χ1) is 15.4. The van der Waals surface area contributed by atoms with Gasteiger partial charge in [0.25, 0.3) is 5.91 Å². The molecule has 2 heterocycles. The second-order valence-electron chi connectivity index (χ2n) is 8.16. The van der Waals surface area contributed by atoms with Crippen LogP contribution >= 0.6 is 0 Å². The van der Waals surface area contributed by atoms with Gasteiger partial charge in [-0.1, -0.05) is 13.3 Å². The molecule has 0 unspecified atom stereocenters. The Labute approximate surface area is 189 Å². The van der Waals surface area contributed by atoms with Crippen molar-refractivity contribution in [3.63, 3.8) is 0 Å². The number of carbonyl (C=O) groups excluding carboxylic acids is 2. The van der Waals surface area contributed by atoms with Crippen molar-refractivity contribution in [3.8, 4) is 5.75 Å². The molecule has 2 aliphatic heterocycles. The lowest BCUT2D eigenvalue weighted by atomic mass is 9.95. The van der Waals surface area contributed by atoms with E-state index in [-0.39, 0.29) is 39.0 Å². The minimum Gasteiger partial charge on any atom is -0.494 e. The van der Waals surface area contributed by atoms with Crippen LogP contribution in [0.25, 0.3) is 0 Å². The minimum absolute atomic E-state index is 0.0554. The van der Waals surface area contributed by atoms with Gasteiger partial charge in [-0.15, -0.1) is 0 Å². The number of unbranched alkanes of at least 4 members (excludes halogenated alkanes) is 1. The molecule has 0 spiro atoms. The molecule has 0 saturated carbocycles. The number of nitrogens with one attached hydrogen (secondary N) is 1. The summed E-state index contributed by atoms with van der Waals surface area (Å²) in [5.74, 6) is -0.133. The van der Waals surface area contributed by atoms with E-state index in [1.807, 2.05) is 24.3 Å². The van der Waals surface area contributed by atoms with Crippen molar-refractivity contribution in [2.75, 3.05) is 50.8 Å². The molecule has 2 saturated heterocycles. The molecule has 0 aromatic heterocycles. The van der Waals surface area contributed by atoms with E-state index in [4.69, 9.17) is 4.74 Å². The minimum atomic E-state index is -4.04.